The number of carbonyl (C=O) groups is 1. The van der Waals surface area contributed by atoms with E-state index in [9.17, 15) is 14.9 Å². The molecule has 3 aromatic rings. The molecule has 10 heteroatoms. The number of amidine groups is 1. The summed E-state index contributed by atoms with van der Waals surface area (Å²) in [7, 11) is 0. The minimum absolute atomic E-state index is 0.227. The summed E-state index contributed by atoms with van der Waals surface area (Å²) in [6.07, 6.45) is 1.44. The number of nitro groups is 1. The minimum Gasteiger partial charge on any atom is -0.401 e. The van der Waals surface area contributed by atoms with Crippen molar-refractivity contribution in [3.05, 3.63) is 57.2 Å². The predicted octanol–water partition coefficient (Wildman–Crippen LogP) is 3.69. The van der Waals surface area contributed by atoms with Gasteiger partial charge in [0.1, 0.15) is 10.7 Å². The van der Waals surface area contributed by atoms with Crippen LogP contribution in [0, 0.1) is 10.1 Å². The maximum Gasteiger partial charge on any atom is 0.433 e. The molecule has 0 saturated carbocycles. The summed E-state index contributed by atoms with van der Waals surface area (Å²) in [6, 6.07) is 10.3. The first-order valence-electron chi connectivity index (χ1n) is 6.98. The lowest BCUT2D eigenvalue weighted by molar-refractivity contribution is -0.402. The predicted molar refractivity (Wildman–Crippen MR) is 95.8 cm³/mol. The molecule has 4 rings (SSSR count). The number of nitrogens with zero attached hydrogens (tertiary/aromatic N) is 3. The molecule has 0 radical (unpaired) electrons. The Labute approximate surface area is 148 Å². The lowest BCUT2D eigenvalue weighted by Crippen LogP contribution is -2.19. The standard InChI is InChI=1S/C15H8N4O4S2/c20-13-11(7-8-5-6-12(23-8)19(21)22)25-15(17-13)18-14-16-9-3-1-2-4-10(9)24-14/h1-7H,(H,16,17,18,20)/b11-7-. The minimum atomic E-state index is -0.635. The van der Waals surface area contributed by atoms with Crippen molar-refractivity contribution >= 4 is 61.5 Å². The van der Waals surface area contributed by atoms with Crippen LogP contribution in [-0.2, 0) is 4.79 Å². The van der Waals surface area contributed by atoms with E-state index < -0.39 is 4.92 Å². The van der Waals surface area contributed by atoms with Gasteiger partial charge < -0.3 is 9.73 Å². The Hall–Kier alpha value is -2.98. The lowest BCUT2D eigenvalue weighted by atomic mass is 10.3. The number of benzene rings is 1. The van der Waals surface area contributed by atoms with Crippen molar-refractivity contribution in [2.45, 2.75) is 0 Å². The van der Waals surface area contributed by atoms with E-state index in [2.05, 4.69) is 15.3 Å². The number of nitrogens with one attached hydrogen (secondary N) is 1. The molecule has 25 heavy (non-hydrogen) atoms. The number of furan rings is 1. The summed E-state index contributed by atoms with van der Waals surface area (Å²) in [5.41, 5.74) is 0.847. The van der Waals surface area contributed by atoms with Gasteiger partial charge in [-0.1, -0.05) is 23.5 Å². The van der Waals surface area contributed by atoms with Crippen molar-refractivity contribution < 1.29 is 14.1 Å². The van der Waals surface area contributed by atoms with Gasteiger partial charge in [0, 0.05) is 6.08 Å². The number of hydrogen-bond donors (Lipinski definition) is 1. The van der Waals surface area contributed by atoms with Crippen LogP contribution >= 0.6 is 23.1 Å². The molecule has 0 atom stereocenters. The molecule has 124 valence electrons. The van der Waals surface area contributed by atoms with Gasteiger partial charge in [0.05, 0.1) is 21.2 Å². The zero-order valence-corrected chi connectivity index (χ0v) is 14.0. The second-order valence-corrected chi connectivity index (χ2v) is 6.92. The van der Waals surface area contributed by atoms with Gasteiger partial charge in [-0.25, -0.2) is 4.98 Å². The van der Waals surface area contributed by atoms with E-state index in [1.165, 1.54) is 29.5 Å². The van der Waals surface area contributed by atoms with Crippen molar-refractivity contribution in [3.63, 3.8) is 0 Å². The Morgan fingerprint density at radius 3 is 2.88 bits per heavy atom. The maximum atomic E-state index is 12.0. The first-order chi connectivity index (χ1) is 12.1. The normalized spacial score (nSPS) is 17.5. The van der Waals surface area contributed by atoms with Crippen LogP contribution in [0.1, 0.15) is 5.76 Å². The highest BCUT2D eigenvalue weighted by Crippen LogP contribution is 2.32. The molecule has 1 aromatic carbocycles. The van der Waals surface area contributed by atoms with Gasteiger partial charge in [0.25, 0.3) is 5.91 Å². The van der Waals surface area contributed by atoms with Crippen LogP contribution in [0.25, 0.3) is 16.3 Å². The van der Waals surface area contributed by atoms with Crippen molar-refractivity contribution in [1.82, 2.24) is 10.3 Å². The van der Waals surface area contributed by atoms with E-state index in [1.54, 1.807) is 0 Å². The Morgan fingerprint density at radius 1 is 1.28 bits per heavy atom. The summed E-state index contributed by atoms with van der Waals surface area (Å²) < 4.78 is 6.04. The number of thioether (sulfide) groups is 1. The van der Waals surface area contributed by atoms with Gasteiger partial charge >= 0.3 is 5.88 Å². The van der Waals surface area contributed by atoms with Gasteiger partial charge in [-0.3, -0.25) is 14.9 Å². The van der Waals surface area contributed by atoms with Gasteiger partial charge in [-0.2, -0.15) is 4.99 Å². The fourth-order valence-electron chi connectivity index (χ4n) is 2.12. The summed E-state index contributed by atoms with van der Waals surface area (Å²) >= 11 is 2.54. The molecule has 0 spiro atoms. The zero-order valence-electron chi connectivity index (χ0n) is 12.3. The molecular weight excluding hydrogens is 364 g/mol. The van der Waals surface area contributed by atoms with Crippen molar-refractivity contribution in [3.8, 4) is 0 Å². The van der Waals surface area contributed by atoms with Gasteiger partial charge in [-0.15, -0.1) is 0 Å². The number of aromatic nitrogens is 1. The Bertz CT molecular complexity index is 1030. The Kier molecular flexibility index (Phi) is 3.82. The monoisotopic (exact) mass is 372 g/mol. The van der Waals surface area contributed by atoms with E-state index in [0.717, 1.165) is 22.0 Å². The largest absolute Gasteiger partial charge is 0.433 e. The summed E-state index contributed by atoms with van der Waals surface area (Å²) in [6.45, 7) is 0. The second kappa shape index (κ2) is 6.15. The average Bonchev–Trinajstić information content (AvgIpc) is 3.27. The molecule has 0 unspecified atom stereocenters. The third kappa shape index (κ3) is 3.16. The third-order valence-corrected chi connectivity index (χ3v) is 5.04. The van der Waals surface area contributed by atoms with Gasteiger partial charge in [0.2, 0.25) is 5.13 Å². The van der Waals surface area contributed by atoms with E-state index in [0.29, 0.717) is 15.2 Å². The van der Waals surface area contributed by atoms with Crippen LogP contribution < -0.4 is 5.32 Å². The molecule has 8 nitrogen and oxygen atoms in total. The highest BCUT2D eigenvalue weighted by molar-refractivity contribution is 8.18. The van der Waals surface area contributed by atoms with Crippen molar-refractivity contribution in [2.75, 3.05) is 0 Å². The molecule has 1 aliphatic heterocycles. The van der Waals surface area contributed by atoms with E-state index in [-0.39, 0.29) is 17.6 Å². The number of fused-ring (bicyclic) bond motifs is 1. The van der Waals surface area contributed by atoms with Crippen LogP contribution in [0.5, 0.6) is 0 Å². The number of aliphatic imine (C=N–C) groups is 1. The number of amides is 1. The number of rotatable bonds is 3. The number of hydrogen-bond acceptors (Lipinski definition) is 8. The van der Waals surface area contributed by atoms with Crippen LogP contribution in [0.4, 0.5) is 11.0 Å². The first-order valence-corrected chi connectivity index (χ1v) is 8.61. The maximum absolute atomic E-state index is 12.0. The van der Waals surface area contributed by atoms with E-state index in [4.69, 9.17) is 4.42 Å². The molecule has 1 amide bonds. The summed E-state index contributed by atoms with van der Waals surface area (Å²) in [5.74, 6) is -0.492. The van der Waals surface area contributed by atoms with Crippen LogP contribution in [0.3, 0.4) is 0 Å². The number of thiazole rings is 1. The third-order valence-electron chi connectivity index (χ3n) is 3.20. The average molecular weight is 372 g/mol. The molecule has 1 N–H and O–H groups in total. The smallest absolute Gasteiger partial charge is 0.401 e. The van der Waals surface area contributed by atoms with Crippen LogP contribution in [0.15, 0.2) is 50.7 Å². The lowest BCUT2D eigenvalue weighted by Gasteiger charge is -1.90. The fourth-order valence-corrected chi connectivity index (χ4v) is 3.83. The van der Waals surface area contributed by atoms with E-state index >= 15 is 0 Å². The molecule has 0 bridgehead atoms. The van der Waals surface area contributed by atoms with Crippen molar-refractivity contribution in [1.29, 1.82) is 0 Å². The summed E-state index contributed by atoms with van der Waals surface area (Å²) in [4.78, 5) is 31.1. The van der Waals surface area contributed by atoms with Crippen LogP contribution in [-0.4, -0.2) is 21.0 Å². The SMILES string of the molecule is O=C1N/C(=N\c2nc3ccccc3s2)S/C1=C\c1ccc([N+](=O)[O-])o1. The Morgan fingerprint density at radius 2 is 2.12 bits per heavy atom. The molecule has 3 heterocycles. The number of carbonyl (C=O) groups excluding carboxylic acids is 1. The molecule has 1 saturated heterocycles. The Balaban J connectivity index is 1.58. The molecular formula is C15H8N4O4S2. The molecule has 1 aliphatic rings. The highest BCUT2D eigenvalue weighted by Gasteiger charge is 2.25. The molecule has 2 aromatic heterocycles. The molecule has 1 fully saturated rings. The molecule has 0 aliphatic carbocycles. The van der Waals surface area contributed by atoms with Crippen molar-refractivity contribution in [2.24, 2.45) is 4.99 Å². The summed E-state index contributed by atoms with van der Waals surface area (Å²) in [5, 5.41) is 14.2. The second-order valence-electron chi connectivity index (χ2n) is 4.88. The van der Waals surface area contributed by atoms with Gasteiger partial charge in [0.15, 0.2) is 5.17 Å². The first kappa shape index (κ1) is 15.5. The quantitative estimate of drug-likeness (QED) is 0.426. The van der Waals surface area contributed by atoms with E-state index in [1.807, 2.05) is 24.3 Å². The topological polar surface area (TPSA) is 111 Å². The van der Waals surface area contributed by atoms with Crippen LogP contribution in [0.2, 0.25) is 0 Å². The van der Waals surface area contributed by atoms with Gasteiger partial charge in [-0.05, 0) is 30.0 Å². The number of para-hydroxylation sites is 1. The fraction of sp³-hybridized carbons (Fsp3) is 0. The highest BCUT2D eigenvalue weighted by atomic mass is 32.2. The zero-order chi connectivity index (χ0) is 17.4.